The summed E-state index contributed by atoms with van der Waals surface area (Å²) in [6.07, 6.45) is 2.31. The Kier molecular flexibility index (Phi) is 3.75. The molecule has 2 rings (SSSR count). The van der Waals surface area contributed by atoms with Crippen molar-refractivity contribution < 1.29 is 4.74 Å². The molecule has 2 N–H and O–H groups in total. The zero-order valence-corrected chi connectivity index (χ0v) is 11.3. The van der Waals surface area contributed by atoms with Crippen LogP contribution in [0.25, 0.3) is 11.0 Å². The van der Waals surface area contributed by atoms with Crippen molar-refractivity contribution in [1.29, 1.82) is 0 Å². The average molecular weight is 247 g/mol. The number of anilines is 1. The van der Waals surface area contributed by atoms with Crippen molar-refractivity contribution in [3.63, 3.8) is 0 Å². The zero-order chi connectivity index (χ0) is 13.1. The lowest BCUT2D eigenvalue weighted by atomic mass is 10.1. The van der Waals surface area contributed by atoms with Gasteiger partial charge in [-0.3, -0.25) is 0 Å². The van der Waals surface area contributed by atoms with Crippen molar-refractivity contribution in [1.82, 2.24) is 9.55 Å². The maximum atomic E-state index is 5.99. The summed E-state index contributed by atoms with van der Waals surface area (Å²) in [4.78, 5) is 4.40. The summed E-state index contributed by atoms with van der Waals surface area (Å²) >= 11 is 0. The highest BCUT2D eigenvalue weighted by Gasteiger charge is 2.11. The number of benzene rings is 1. The van der Waals surface area contributed by atoms with E-state index in [1.807, 2.05) is 18.2 Å². The predicted octanol–water partition coefficient (Wildman–Crippen LogP) is 3.06. The number of aryl methyl sites for hydroxylation is 1. The van der Waals surface area contributed by atoms with Gasteiger partial charge in [0.25, 0.3) is 0 Å². The molecule has 1 heterocycles. The largest absolute Gasteiger partial charge is 0.494 e. The minimum atomic E-state index is 0.568. The molecule has 4 heteroatoms. The van der Waals surface area contributed by atoms with E-state index in [1.165, 1.54) is 6.42 Å². The first-order chi connectivity index (χ1) is 8.63. The number of hydrogen-bond donors (Lipinski definition) is 1. The molecule has 4 nitrogen and oxygen atoms in total. The van der Waals surface area contributed by atoms with E-state index in [4.69, 9.17) is 10.5 Å². The molecule has 0 atom stereocenters. The van der Waals surface area contributed by atoms with E-state index >= 15 is 0 Å². The lowest BCUT2D eigenvalue weighted by Crippen LogP contribution is -2.04. The molecule has 0 aliphatic rings. The van der Waals surface area contributed by atoms with Crippen LogP contribution in [-0.4, -0.2) is 16.7 Å². The number of rotatable bonds is 5. The molecule has 0 saturated carbocycles. The standard InChI is InChI=1S/C14H21N3O/c1-10(2)6-5-9-17-11-7-4-8-12(18-3)13(11)16-14(17)15/h4,7-8,10H,5-6,9H2,1-3H3,(H2,15,16). The maximum absolute atomic E-state index is 5.99. The molecule has 0 aliphatic carbocycles. The molecule has 1 aromatic heterocycles. The minimum Gasteiger partial charge on any atom is -0.494 e. The number of para-hydroxylation sites is 1. The van der Waals surface area contributed by atoms with E-state index in [0.29, 0.717) is 5.95 Å². The molecule has 1 aromatic carbocycles. The van der Waals surface area contributed by atoms with Crippen LogP contribution in [0.15, 0.2) is 18.2 Å². The van der Waals surface area contributed by atoms with E-state index in [0.717, 1.165) is 35.7 Å². The number of hydrogen-bond acceptors (Lipinski definition) is 3. The summed E-state index contributed by atoms with van der Waals surface area (Å²) in [5, 5.41) is 0. The van der Waals surface area contributed by atoms with Crippen LogP contribution in [0.2, 0.25) is 0 Å². The Morgan fingerprint density at radius 2 is 2.17 bits per heavy atom. The van der Waals surface area contributed by atoms with Gasteiger partial charge in [0.15, 0.2) is 0 Å². The van der Waals surface area contributed by atoms with Gasteiger partial charge in [0.1, 0.15) is 11.3 Å². The van der Waals surface area contributed by atoms with Gasteiger partial charge in [-0.05, 0) is 30.9 Å². The quantitative estimate of drug-likeness (QED) is 0.883. The first-order valence-corrected chi connectivity index (χ1v) is 6.42. The molecule has 0 unspecified atom stereocenters. The second-order valence-corrected chi connectivity index (χ2v) is 4.99. The molecular weight excluding hydrogens is 226 g/mol. The maximum Gasteiger partial charge on any atom is 0.201 e. The van der Waals surface area contributed by atoms with Gasteiger partial charge in [0.05, 0.1) is 12.6 Å². The van der Waals surface area contributed by atoms with Gasteiger partial charge in [-0.25, -0.2) is 4.98 Å². The topological polar surface area (TPSA) is 53.1 Å². The number of nitrogen functional groups attached to an aromatic ring is 1. The SMILES string of the molecule is COc1cccc2c1nc(N)n2CCCC(C)C. The van der Waals surface area contributed by atoms with Crippen LogP contribution in [0.4, 0.5) is 5.95 Å². The van der Waals surface area contributed by atoms with E-state index in [2.05, 4.69) is 23.4 Å². The fourth-order valence-corrected chi connectivity index (χ4v) is 2.20. The van der Waals surface area contributed by atoms with Crippen LogP contribution >= 0.6 is 0 Å². The number of imidazole rings is 1. The third-order valence-electron chi connectivity index (χ3n) is 3.15. The van der Waals surface area contributed by atoms with Crippen LogP contribution in [0.1, 0.15) is 26.7 Å². The van der Waals surface area contributed by atoms with Gasteiger partial charge in [0.2, 0.25) is 5.95 Å². The van der Waals surface area contributed by atoms with Gasteiger partial charge in [-0.15, -0.1) is 0 Å². The highest BCUT2D eigenvalue weighted by molar-refractivity contribution is 5.84. The molecule has 0 fully saturated rings. The highest BCUT2D eigenvalue weighted by atomic mass is 16.5. The molecular formula is C14H21N3O. The molecule has 18 heavy (non-hydrogen) atoms. The van der Waals surface area contributed by atoms with Crippen LogP contribution < -0.4 is 10.5 Å². The second kappa shape index (κ2) is 5.29. The van der Waals surface area contributed by atoms with Gasteiger partial charge in [0, 0.05) is 6.54 Å². The Bertz CT molecular complexity index is 531. The van der Waals surface area contributed by atoms with Crippen molar-refractivity contribution in [3.8, 4) is 5.75 Å². The van der Waals surface area contributed by atoms with Crippen LogP contribution in [0.5, 0.6) is 5.75 Å². The van der Waals surface area contributed by atoms with Gasteiger partial charge < -0.3 is 15.0 Å². The van der Waals surface area contributed by atoms with Crippen molar-refractivity contribution in [3.05, 3.63) is 18.2 Å². The molecule has 0 aliphatic heterocycles. The van der Waals surface area contributed by atoms with E-state index in [9.17, 15) is 0 Å². The monoisotopic (exact) mass is 247 g/mol. The first-order valence-electron chi connectivity index (χ1n) is 6.42. The summed E-state index contributed by atoms with van der Waals surface area (Å²) in [6, 6.07) is 5.92. The Balaban J connectivity index is 2.30. The van der Waals surface area contributed by atoms with Crippen molar-refractivity contribution in [2.75, 3.05) is 12.8 Å². The van der Waals surface area contributed by atoms with Crippen molar-refractivity contribution in [2.24, 2.45) is 5.92 Å². The normalized spacial score (nSPS) is 11.3. The second-order valence-electron chi connectivity index (χ2n) is 4.99. The first kappa shape index (κ1) is 12.7. The van der Waals surface area contributed by atoms with Gasteiger partial charge in [-0.1, -0.05) is 19.9 Å². The minimum absolute atomic E-state index is 0.568. The summed E-state index contributed by atoms with van der Waals surface area (Å²) in [7, 11) is 1.66. The Labute approximate surface area is 108 Å². The number of methoxy groups -OCH3 is 1. The van der Waals surface area contributed by atoms with Crippen LogP contribution in [-0.2, 0) is 6.54 Å². The lowest BCUT2D eigenvalue weighted by Gasteiger charge is -2.08. The van der Waals surface area contributed by atoms with Crippen molar-refractivity contribution >= 4 is 17.0 Å². The summed E-state index contributed by atoms with van der Waals surface area (Å²) in [5.74, 6) is 2.07. The highest BCUT2D eigenvalue weighted by Crippen LogP contribution is 2.27. The molecule has 0 saturated heterocycles. The number of aromatic nitrogens is 2. The summed E-state index contributed by atoms with van der Waals surface area (Å²) in [5.41, 5.74) is 7.89. The Hall–Kier alpha value is -1.71. The predicted molar refractivity (Wildman–Crippen MR) is 74.8 cm³/mol. The fourth-order valence-electron chi connectivity index (χ4n) is 2.20. The van der Waals surface area contributed by atoms with Gasteiger partial charge >= 0.3 is 0 Å². The van der Waals surface area contributed by atoms with Crippen LogP contribution in [0, 0.1) is 5.92 Å². The molecule has 98 valence electrons. The van der Waals surface area contributed by atoms with Crippen molar-refractivity contribution in [2.45, 2.75) is 33.2 Å². The molecule has 0 bridgehead atoms. The number of fused-ring (bicyclic) bond motifs is 1. The van der Waals surface area contributed by atoms with Crippen LogP contribution in [0.3, 0.4) is 0 Å². The Morgan fingerprint density at radius 3 is 2.83 bits per heavy atom. The average Bonchev–Trinajstić information content (AvgIpc) is 2.65. The van der Waals surface area contributed by atoms with E-state index in [-0.39, 0.29) is 0 Å². The molecule has 0 spiro atoms. The smallest absolute Gasteiger partial charge is 0.201 e. The molecule has 2 aromatic rings. The Morgan fingerprint density at radius 1 is 1.39 bits per heavy atom. The number of nitrogens with two attached hydrogens (primary N) is 1. The third kappa shape index (κ3) is 2.42. The number of ether oxygens (including phenoxy) is 1. The third-order valence-corrected chi connectivity index (χ3v) is 3.15. The van der Waals surface area contributed by atoms with E-state index in [1.54, 1.807) is 7.11 Å². The summed E-state index contributed by atoms with van der Waals surface area (Å²) in [6.45, 7) is 5.38. The van der Waals surface area contributed by atoms with E-state index < -0.39 is 0 Å². The number of nitrogens with zero attached hydrogens (tertiary/aromatic N) is 2. The molecule has 0 radical (unpaired) electrons. The molecule has 0 amide bonds. The zero-order valence-electron chi connectivity index (χ0n) is 11.3. The lowest BCUT2D eigenvalue weighted by molar-refractivity contribution is 0.419. The van der Waals surface area contributed by atoms with Gasteiger partial charge in [-0.2, -0.15) is 0 Å². The fraction of sp³-hybridized carbons (Fsp3) is 0.500. The summed E-state index contributed by atoms with van der Waals surface area (Å²) < 4.78 is 7.38.